The van der Waals surface area contributed by atoms with Gasteiger partial charge in [-0.15, -0.1) is 0 Å². The van der Waals surface area contributed by atoms with E-state index in [0.29, 0.717) is 23.6 Å². The summed E-state index contributed by atoms with van der Waals surface area (Å²) in [6.45, 7) is 2.95. The Morgan fingerprint density at radius 3 is 2.84 bits per heavy atom. The first-order chi connectivity index (χ1) is 12.2. The zero-order valence-corrected chi connectivity index (χ0v) is 15.1. The van der Waals surface area contributed by atoms with Crippen molar-refractivity contribution in [3.63, 3.8) is 0 Å². The Balaban J connectivity index is 1.54. The maximum atomic E-state index is 5.85. The molecule has 2 heterocycles. The van der Waals surface area contributed by atoms with E-state index in [4.69, 9.17) is 25.8 Å². The fourth-order valence-corrected chi connectivity index (χ4v) is 2.89. The Hall–Kier alpha value is -1.82. The van der Waals surface area contributed by atoms with E-state index < -0.39 is 0 Å². The quantitative estimate of drug-likeness (QED) is 0.727. The van der Waals surface area contributed by atoms with Gasteiger partial charge in [0.05, 0.1) is 13.2 Å². The molecule has 5 nitrogen and oxygen atoms in total. The molecule has 2 aromatic rings. The molecule has 25 heavy (non-hydrogen) atoms. The highest BCUT2D eigenvalue weighted by atomic mass is 35.5. The monoisotopic (exact) mass is 362 g/mol. The number of rotatable bonds is 8. The third-order valence-corrected chi connectivity index (χ3v) is 4.36. The van der Waals surface area contributed by atoms with E-state index in [1.165, 1.54) is 0 Å². The Labute approximate surface area is 153 Å². The fraction of sp³-hybridized carbons (Fsp3) is 0.421. The molecule has 0 unspecified atom stereocenters. The first kappa shape index (κ1) is 18.0. The van der Waals surface area contributed by atoms with Crippen LogP contribution in [-0.2, 0) is 17.9 Å². The molecule has 0 radical (unpaired) electrons. The normalized spacial score (nSPS) is 16.8. The van der Waals surface area contributed by atoms with E-state index >= 15 is 0 Å². The first-order valence-corrected chi connectivity index (χ1v) is 8.85. The molecule has 1 aliphatic rings. The molecule has 0 aliphatic carbocycles. The summed E-state index contributed by atoms with van der Waals surface area (Å²) in [6, 6.07) is 9.62. The van der Waals surface area contributed by atoms with Gasteiger partial charge in [0, 0.05) is 31.5 Å². The van der Waals surface area contributed by atoms with Crippen molar-refractivity contribution in [2.75, 3.05) is 20.3 Å². The summed E-state index contributed by atoms with van der Waals surface area (Å²) < 4.78 is 16.9. The molecule has 1 atom stereocenters. The topological polar surface area (TPSA) is 52.6 Å². The lowest BCUT2D eigenvalue weighted by molar-refractivity contribution is 0.110. The minimum absolute atomic E-state index is 0.345. The van der Waals surface area contributed by atoms with Gasteiger partial charge in [-0.2, -0.15) is 0 Å². The van der Waals surface area contributed by atoms with Crippen LogP contribution in [0.15, 0.2) is 36.5 Å². The first-order valence-electron chi connectivity index (χ1n) is 8.47. The van der Waals surface area contributed by atoms with Crippen LogP contribution >= 0.6 is 11.6 Å². The lowest BCUT2D eigenvalue weighted by atomic mass is 10.2. The largest absolute Gasteiger partial charge is 0.493 e. The van der Waals surface area contributed by atoms with Gasteiger partial charge < -0.3 is 19.5 Å². The maximum absolute atomic E-state index is 5.85. The van der Waals surface area contributed by atoms with Gasteiger partial charge in [0.1, 0.15) is 11.8 Å². The molecule has 1 saturated heterocycles. The molecule has 1 aliphatic heterocycles. The van der Waals surface area contributed by atoms with Gasteiger partial charge in [-0.05, 0) is 36.6 Å². The molecule has 1 N–H and O–H groups in total. The van der Waals surface area contributed by atoms with Gasteiger partial charge >= 0.3 is 0 Å². The number of aromatic nitrogens is 1. The van der Waals surface area contributed by atoms with Crippen molar-refractivity contribution in [1.82, 2.24) is 10.3 Å². The summed E-state index contributed by atoms with van der Waals surface area (Å²) in [5.41, 5.74) is 2.10. The zero-order valence-electron chi connectivity index (χ0n) is 14.3. The molecular formula is C19H23ClN2O3. The van der Waals surface area contributed by atoms with Gasteiger partial charge in [-0.1, -0.05) is 23.7 Å². The molecule has 134 valence electrons. The van der Waals surface area contributed by atoms with Gasteiger partial charge in [-0.3, -0.25) is 0 Å². The highest BCUT2D eigenvalue weighted by Crippen LogP contribution is 2.29. The Kier molecular flexibility index (Phi) is 6.50. The second kappa shape index (κ2) is 9.04. The molecule has 1 aromatic heterocycles. The minimum atomic E-state index is 0.345. The Bertz CT molecular complexity index is 673. The number of nitrogens with zero attached hydrogens (tertiary/aromatic N) is 1. The summed E-state index contributed by atoms with van der Waals surface area (Å²) in [7, 11) is 1.65. The number of ether oxygens (including phenoxy) is 3. The standard InChI is InChI=1S/C19H23ClN2O3/c1-23-18-9-14(10-21-12-16-3-2-8-24-16)4-6-17(18)25-13-15-5-7-19(20)22-11-15/h4-7,9,11,16,21H,2-3,8,10,12-13H2,1H3/t16-/m1/s1. The minimum Gasteiger partial charge on any atom is -0.493 e. The summed E-state index contributed by atoms with van der Waals surface area (Å²) in [5.74, 6) is 1.43. The van der Waals surface area contributed by atoms with Crippen LogP contribution in [-0.4, -0.2) is 31.3 Å². The van der Waals surface area contributed by atoms with Crippen LogP contribution in [0.1, 0.15) is 24.0 Å². The van der Waals surface area contributed by atoms with Gasteiger partial charge in [-0.25, -0.2) is 4.98 Å². The number of hydrogen-bond donors (Lipinski definition) is 1. The van der Waals surface area contributed by atoms with Crippen LogP contribution in [0.5, 0.6) is 11.5 Å². The number of methoxy groups -OCH3 is 1. The predicted octanol–water partition coefficient (Wildman–Crippen LogP) is 3.59. The van der Waals surface area contributed by atoms with E-state index in [9.17, 15) is 0 Å². The molecule has 6 heteroatoms. The predicted molar refractivity (Wildman–Crippen MR) is 97.3 cm³/mol. The molecular weight excluding hydrogens is 340 g/mol. The van der Waals surface area contributed by atoms with E-state index in [0.717, 1.165) is 49.4 Å². The molecule has 0 spiro atoms. The summed E-state index contributed by atoms with van der Waals surface area (Å²) >= 11 is 5.79. The number of benzene rings is 1. The highest BCUT2D eigenvalue weighted by molar-refractivity contribution is 6.29. The van der Waals surface area contributed by atoms with E-state index in [1.807, 2.05) is 24.3 Å². The van der Waals surface area contributed by atoms with Crippen LogP contribution in [0, 0.1) is 0 Å². The maximum Gasteiger partial charge on any atom is 0.161 e. The second-order valence-electron chi connectivity index (χ2n) is 6.03. The summed E-state index contributed by atoms with van der Waals surface area (Å²) in [6.07, 6.45) is 4.36. The average Bonchev–Trinajstić information content (AvgIpc) is 3.15. The number of pyridine rings is 1. The van der Waals surface area contributed by atoms with Gasteiger partial charge in [0.15, 0.2) is 11.5 Å². The third kappa shape index (κ3) is 5.33. The summed E-state index contributed by atoms with van der Waals surface area (Å²) in [4.78, 5) is 4.05. The SMILES string of the molecule is COc1cc(CNC[C@H]2CCCO2)ccc1OCc1ccc(Cl)nc1. The van der Waals surface area contributed by atoms with Crippen molar-refractivity contribution < 1.29 is 14.2 Å². The Morgan fingerprint density at radius 2 is 2.12 bits per heavy atom. The fourth-order valence-electron chi connectivity index (χ4n) is 2.78. The number of halogens is 1. The van der Waals surface area contributed by atoms with Crippen LogP contribution in [0.3, 0.4) is 0 Å². The number of hydrogen-bond acceptors (Lipinski definition) is 5. The lowest BCUT2D eigenvalue weighted by Gasteiger charge is -2.14. The molecule has 1 aromatic carbocycles. The van der Waals surface area contributed by atoms with Crippen LogP contribution in [0.4, 0.5) is 0 Å². The second-order valence-corrected chi connectivity index (χ2v) is 6.42. The third-order valence-electron chi connectivity index (χ3n) is 4.14. The van der Waals surface area contributed by atoms with Crippen LogP contribution in [0.2, 0.25) is 5.15 Å². The van der Waals surface area contributed by atoms with E-state index in [1.54, 1.807) is 19.4 Å². The molecule has 0 bridgehead atoms. The average molecular weight is 363 g/mol. The van der Waals surface area contributed by atoms with Gasteiger partial charge in [0.25, 0.3) is 0 Å². The van der Waals surface area contributed by atoms with Crippen molar-refractivity contribution in [1.29, 1.82) is 0 Å². The van der Waals surface area contributed by atoms with E-state index in [-0.39, 0.29) is 0 Å². The van der Waals surface area contributed by atoms with Crippen molar-refractivity contribution >= 4 is 11.6 Å². The van der Waals surface area contributed by atoms with Crippen molar-refractivity contribution in [3.8, 4) is 11.5 Å². The van der Waals surface area contributed by atoms with Crippen LogP contribution < -0.4 is 14.8 Å². The molecule has 0 amide bonds. The highest BCUT2D eigenvalue weighted by Gasteiger charge is 2.14. The van der Waals surface area contributed by atoms with E-state index in [2.05, 4.69) is 10.3 Å². The number of nitrogens with one attached hydrogen (secondary N) is 1. The lowest BCUT2D eigenvalue weighted by Crippen LogP contribution is -2.25. The molecule has 1 fully saturated rings. The Morgan fingerprint density at radius 1 is 1.24 bits per heavy atom. The summed E-state index contributed by atoms with van der Waals surface area (Å²) in [5, 5.41) is 3.91. The molecule has 0 saturated carbocycles. The smallest absolute Gasteiger partial charge is 0.161 e. The van der Waals surface area contributed by atoms with Crippen molar-refractivity contribution in [2.45, 2.75) is 32.1 Å². The zero-order chi connectivity index (χ0) is 17.5. The van der Waals surface area contributed by atoms with Crippen LogP contribution in [0.25, 0.3) is 0 Å². The van der Waals surface area contributed by atoms with Gasteiger partial charge in [0.2, 0.25) is 0 Å². The van der Waals surface area contributed by atoms with Crippen molar-refractivity contribution in [2.24, 2.45) is 0 Å². The van der Waals surface area contributed by atoms with Crippen molar-refractivity contribution in [3.05, 3.63) is 52.8 Å². The molecule has 3 rings (SSSR count).